The Balaban J connectivity index is 1.99. The molecular formula is C18H17N3O3. The first kappa shape index (κ1) is 15.7. The molecule has 1 atom stereocenters. The first-order valence-electron chi connectivity index (χ1n) is 7.50. The standard InChI is InChI=1S/C18H17N3O3/c1-18(14-9-7-13(8-10-14)15(19)22)16(23)20-17(24)21(18)11-12-5-3-2-4-6-12/h2-10H,11H2,1H3,(H2,19,22)(H,20,23,24). The van der Waals surface area contributed by atoms with Crippen LogP contribution in [0.5, 0.6) is 0 Å². The number of carbonyl (C=O) groups excluding carboxylic acids is 3. The number of urea groups is 1. The Kier molecular flexibility index (Phi) is 3.81. The molecule has 0 spiro atoms. The number of hydrogen-bond donors (Lipinski definition) is 2. The maximum Gasteiger partial charge on any atom is 0.325 e. The fourth-order valence-corrected chi connectivity index (χ4v) is 2.85. The maximum absolute atomic E-state index is 12.5. The first-order chi connectivity index (χ1) is 11.4. The topological polar surface area (TPSA) is 92.5 Å². The maximum atomic E-state index is 12.5. The van der Waals surface area contributed by atoms with Gasteiger partial charge in [-0.15, -0.1) is 0 Å². The second-order valence-corrected chi connectivity index (χ2v) is 5.84. The van der Waals surface area contributed by atoms with Gasteiger partial charge < -0.3 is 10.6 Å². The SMILES string of the molecule is CC1(c2ccc(C(N)=O)cc2)C(=O)NC(=O)N1Cc1ccccc1. The lowest BCUT2D eigenvalue weighted by molar-refractivity contribution is -0.126. The van der Waals surface area contributed by atoms with Crippen LogP contribution in [0.1, 0.15) is 28.4 Å². The van der Waals surface area contributed by atoms with Gasteiger partial charge in [-0.1, -0.05) is 42.5 Å². The van der Waals surface area contributed by atoms with Crippen molar-refractivity contribution in [3.8, 4) is 0 Å². The monoisotopic (exact) mass is 323 g/mol. The molecule has 1 fully saturated rings. The van der Waals surface area contributed by atoms with Gasteiger partial charge in [0.1, 0.15) is 5.54 Å². The lowest BCUT2D eigenvalue weighted by Gasteiger charge is -2.32. The number of primary amides is 1. The van der Waals surface area contributed by atoms with Crippen LogP contribution in [0, 0.1) is 0 Å². The number of nitrogens with one attached hydrogen (secondary N) is 1. The number of carbonyl (C=O) groups is 3. The van der Waals surface area contributed by atoms with Crippen LogP contribution in [0.15, 0.2) is 54.6 Å². The minimum Gasteiger partial charge on any atom is -0.366 e. The van der Waals surface area contributed by atoms with Gasteiger partial charge in [-0.2, -0.15) is 0 Å². The number of hydrogen-bond acceptors (Lipinski definition) is 3. The summed E-state index contributed by atoms with van der Waals surface area (Å²) < 4.78 is 0. The molecule has 0 saturated carbocycles. The van der Waals surface area contributed by atoms with E-state index in [9.17, 15) is 14.4 Å². The molecule has 0 aromatic heterocycles. The van der Waals surface area contributed by atoms with E-state index in [2.05, 4.69) is 5.32 Å². The Morgan fingerprint density at radius 2 is 1.71 bits per heavy atom. The van der Waals surface area contributed by atoms with Crippen molar-refractivity contribution in [3.63, 3.8) is 0 Å². The fraction of sp³-hybridized carbons (Fsp3) is 0.167. The Morgan fingerprint density at radius 1 is 1.08 bits per heavy atom. The van der Waals surface area contributed by atoms with Gasteiger partial charge in [0.2, 0.25) is 5.91 Å². The lowest BCUT2D eigenvalue weighted by Crippen LogP contribution is -2.43. The molecular weight excluding hydrogens is 306 g/mol. The van der Waals surface area contributed by atoms with Crippen molar-refractivity contribution < 1.29 is 14.4 Å². The van der Waals surface area contributed by atoms with Crippen LogP contribution >= 0.6 is 0 Å². The molecule has 6 heteroatoms. The van der Waals surface area contributed by atoms with Crippen LogP contribution < -0.4 is 11.1 Å². The molecule has 0 radical (unpaired) electrons. The minimum absolute atomic E-state index is 0.298. The molecule has 1 aliphatic heterocycles. The first-order valence-corrected chi connectivity index (χ1v) is 7.50. The summed E-state index contributed by atoms with van der Waals surface area (Å²) in [7, 11) is 0. The molecule has 1 heterocycles. The molecule has 3 N–H and O–H groups in total. The summed E-state index contributed by atoms with van der Waals surface area (Å²) in [6.07, 6.45) is 0. The summed E-state index contributed by atoms with van der Waals surface area (Å²) in [4.78, 5) is 37.4. The summed E-state index contributed by atoms with van der Waals surface area (Å²) in [6, 6.07) is 15.4. The van der Waals surface area contributed by atoms with Gasteiger partial charge in [0.15, 0.2) is 0 Å². The van der Waals surface area contributed by atoms with E-state index in [-0.39, 0.29) is 0 Å². The highest BCUT2D eigenvalue weighted by Gasteiger charge is 2.50. The number of amides is 4. The molecule has 3 rings (SSSR count). The van der Waals surface area contributed by atoms with E-state index in [0.29, 0.717) is 17.7 Å². The molecule has 4 amide bonds. The van der Waals surface area contributed by atoms with Crippen molar-refractivity contribution in [1.29, 1.82) is 0 Å². The highest BCUT2D eigenvalue weighted by Crippen LogP contribution is 2.34. The fourth-order valence-electron chi connectivity index (χ4n) is 2.85. The predicted octanol–water partition coefficient (Wildman–Crippen LogP) is 1.75. The molecule has 2 aromatic rings. The third-order valence-electron chi connectivity index (χ3n) is 4.36. The third-order valence-corrected chi connectivity index (χ3v) is 4.36. The van der Waals surface area contributed by atoms with Crippen LogP contribution in [-0.4, -0.2) is 22.7 Å². The molecule has 0 aliphatic carbocycles. The van der Waals surface area contributed by atoms with E-state index in [4.69, 9.17) is 5.73 Å². The highest BCUT2D eigenvalue weighted by molar-refractivity contribution is 6.07. The molecule has 1 aliphatic rings. The Hall–Kier alpha value is -3.15. The van der Waals surface area contributed by atoms with Crippen molar-refractivity contribution >= 4 is 17.8 Å². The van der Waals surface area contributed by atoms with Gasteiger partial charge in [-0.05, 0) is 30.2 Å². The van der Waals surface area contributed by atoms with Gasteiger partial charge in [0, 0.05) is 12.1 Å². The minimum atomic E-state index is -1.15. The van der Waals surface area contributed by atoms with Gasteiger partial charge in [-0.3, -0.25) is 14.9 Å². The van der Waals surface area contributed by atoms with Gasteiger partial charge in [0.25, 0.3) is 5.91 Å². The summed E-state index contributed by atoms with van der Waals surface area (Å²) >= 11 is 0. The van der Waals surface area contributed by atoms with Crippen molar-refractivity contribution in [3.05, 3.63) is 71.3 Å². The summed E-state index contributed by atoms with van der Waals surface area (Å²) in [6.45, 7) is 1.99. The van der Waals surface area contributed by atoms with E-state index in [1.54, 1.807) is 31.2 Å². The van der Waals surface area contributed by atoms with Crippen molar-refractivity contribution in [2.24, 2.45) is 5.73 Å². The molecule has 2 aromatic carbocycles. The van der Waals surface area contributed by atoms with E-state index in [1.807, 2.05) is 30.3 Å². The molecule has 1 unspecified atom stereocenters. The van der Waals surface area contributed by atoms with Crippen LogP contribution in [0.2, 0.25) is 0 Å². The number of benzene rings is 2. The average Bonchev–Trinajstić information content (AvgIpc) is 2.80. The summed E-state index contributed by atoms with van der Waals surface area (Å²) in [5.74, 6) is -0.935. The van der Waals surface area contributed by atoms with Gasteiger partial charge in [-0.25, -0.2) is 4.79 Å². The zero-order valence-electron chi connectivity index (χ0n) is 13.2. The number of rotatable bonds is 4. The number of nitrogens with two attached hydrogens (primary N) is 1. The van der Waals surface area contributed by atoms with Crippen LogP contribution in [0.25, 0.3) is 0 Å². The van der Waals surface area contributed by atoms with Crippen LogP contribution in [0.3, 0.4) is 0 Å². The zero-order chi connectivity index (χ0) is 17.3. The van der Waals surface area contributed by atoms with E-state index in [1.165, 1.54) is 4.90 Å². The van der Waals surface area contributed by atoms with Crippen LogP contribution in [0.4, 0.5) is 4.79 Å². The summed E-state index contributed by atoms with van der Waals surface area (Å²) in [5.41, 5.74) is 5.98. The zero-order valence-corrected chi connectivity index (χ0v) is 13.2. The van der Waals surface area contributed by atoms with Gasteiger partial charge in [0.05, 0.1) is 0 Å². The highest BCUT2D eigenvalue weighted by atomic mass is 16.2. The van der Waals surface area contributed by atoms with Gasteiger partial charge >= 0.3 is 6.03 Å². The van der Waals surface area contributed by atoms with Crippen molar-refractivity contribution in [2.45, 2.75) is 19.0 Å². The second-order valence-electron chi connectivity index (χ2n) is 5.84. The number of imide groups is 1. The number of nitrogens with zero attached hydrogens (tertiary/aromatic N) is 1. The third kappa shape index (κ3) is 2.52. The van der Waals surface area contributed by atoms with E-state index >= 15 is 0 Å². The van der Waals surface area contributed by atoms with Crippen molar-refractivity contribution in [1.82, 2.24) is 10.2 Å². The van der Waals surface area contributed by atoms with E-state index < -0.39 is 23.4 Å². The Morgan fingerprint density at radius 3 is 2.29 bits per heavy atom. The molecule has 24 heavy (non-hydrogen) atoms. The largest absolute Gasteiger partial charge is 0.366 e. The molecule has 0 bridgehead atoms. The second kappa shape index (κ2) is 5.81. The summed E-state index contributed by atoms with van der Waals surface area (Å²) in [5, 5.41) is 2.37. The molecule has 6 nitrogen and oxygen atoms in total. The predicted molar refractivity (Wildman–Crippen MR) is 87.8 cm³/mol. The van der Waals surface area contributed by atoms with Crippen molar-refractivity contribution in [2.75, 3.05) is 0 Å². The average molecular weight is 323 g/mol. The smallest absolute Gasteiger partial charge is 0.325 e. The lowest BCUT2D eigenvalue weighted by atomic mass is 9.89. The normalized spacial score (nSPS) is 20.1. The Bertz CT molecular complexity index is 802. The Labute approximate surface area is 139 Å². The van der Waals surface area contributed by atoms with E-state index in [0.717, 1.165) is 5.56 Å². The van der Waals surface area contributed by atoms with Crippen LogP contribution in [-0.2, 0) is 16.9 Å². The molecule has 1 saturated heterocycles. The molecule has 122 valence electrons. The quantitative estimate of drug-likeness (QED) is 0.840.